The fraction of sp³-hybridized carbons (Fsp3) is 0.875. The first-order valence-electron chi connectivity index (χ1n) is 3.63. The van der Waals surface area contributed by atoms with Gasteiger partial charge in [-0.2, -0.15) is 0 Å². The van der Waals surface area contributed by atoms with E-state index in [1.54, 1.807) is 0 Å². The second kappa shape index (κ2) is 3.65. The highest BCUT2D eigenvalue weighted by molar-refractivity contribution is 5.14. The molecule has 0 rings (SSSR count). The van der Waals surface area contributed by atoms with E-state index in [4.69, 9.17) is 0 Å². The summed E-state index contributed by atoms with van der Waals surface area (Å²) >= 11 is 0. The van der Waals surface area contributed by atoms with Crippen LogP contribution in [0.5, 0.6) is 0 Å². The Morgan fingerprint density at radius 1 is 1.44 bits per heavy atom. The second-order valence-electron chi connectivity index (χ2n) is 2.88. The third-order valence-corrected chi connectivity index (χ3v) is 2.16. The predicted octanol–water partition coefficient (Wildman–Crippen LogP) is 1.76. The van der Waals surface area contributed by atoms with Crippen molar-refractivity contribution in [1.82, 2.24) is 0 Å². The Labute approximate surface area is 58.4 Å². The molecule has 0 aromatic rings. The molecule has 0 heterocycles. The summed E-state index contributed by atoms with van der Waals surface area (Å²) in [7, 11) is 2.02. The maximum atomic E-state index is 3.84. The van der Waals surface area contributed by atoms with E-state index < -0.39 is 0 Å². The van der Waals surface area contributed by atoms with Crippen molar-refractivity contribution in [2.24, 2.45) is 5.92 Å². The molecular weight excluding hydrogens is 110 g/mol. The molecule has 0 radical (unpaired) electrons. The molecule has 0 aromatic carbocycles. The van der Waals surface area contributed by atoms with Crippen molar-refractivity contribution in [2.75, 3.05) is 7.05 Å². The molecular formula is C8H18N+. The molecule has 1 heteroatoms. The SMILES string of the molecule is C=[N+](C)C(C)C(C)CC. The van der Waals surface area contributed by atoms with Gasteiger partial charge in [-0.1, -0.05) is 13.8 Å². The number of hydrogen-bond acceptors (Lipinski definition) is 0. The van der Waals surface area contributed by atoms with Gasteiger partial charge in [0.25, 0.3) is 0 Å². The molecule has 2 unspecified atom stereocenters. The standard InChI is InChI=1S/C8H18N/c1-6-7(2)8(3)9(4)5/h7-8H,4,6H2,1-3,5H3/q+1. The Balaban J connectivity index is 3.72. The van der Waals surface area contributed by atoms with Gasteiger partial charge < -0.3 is 0 Å². The average molecular weight is 128 g/mol. The van der Waals surface area contributed by atoms with Crippen LogP contribution in [0, 0.1) is 5.92 Å². The first-order chi connectivity index (χ1) is 4.09. The van der Waals surface area contributed by atoms with Crippen LogP contribution in [0.4, 0.5) is 0 Å². The Morgan fingerprint density at radius 2 is 1.89 bits per heavy atom. The molecule has 0 aromatic heterocycles. The van der Waals surface area contributed by atoms with Gasteiger partial charge in [0.2, 0.25) is 0 Å². The Kier molecular flexibility index (Phi) is 3.52. The molecule has 0 spiro atoms. The van der Waals surface area contributed by atoms with Crippen molar-refractivity contribution in [3.63, 3.8) is 0 Å². The third kappa shape index (κ3) is 2.64. The summed E-state index contributed by atoms with van der Waals surface area (Å²) in [6, 6.07) is 0.606. The topological polar surface area (TPSA) is 3.01 Å². The van der Waals surface area contributed by atoms with E-state index in [2.05, 4.69) is 27.5 Å². The Morgan fingerprint density at radius 3 is 2.00 bits per heavy atom. The molecule has 0 saturated heterocycles. The lowest BCUT2D eigenvalue weighted by Crippen LogP contribution is -2.24. The van der Waals surface area contributed by atoms with Crippen molar-refractivity contribution in [1.29, 1.82) is 0 Å². The van der Waals surface area contributed by atoms with Gasteiger partial charge in [0, 0.05) is 5.92 Å². The maximum Gasteiger partial charge on any atom is 0.151 e. The van der Waals surface area contributed by atoms with E-state index in [1.165, 1.54) is 6.42 Å². The van der Waals surface area contributed by atoms with Crippen LogP contribution in [-0.2, 0) is 0 Å². The molecule has 0 bridgehead atoms. The highest BCUT2D eigenvalue weighted by atomic mass is 15.0. The van der Waals surface area contributed by atoms with Crippen LogP contribution in [0.2, 0.25) is 0 Å². The molecule has 0 saturated carbocycles. The summed E-state index contributed by atoms with van der Waals surface area (Å²) in [6.07, 6.45) is 1.24. The number of nitrogens with zero attached hydrogens (tertiary/aromatic N) is 1. The quantitative estimate of drug-likeness (QED) is 0.402. The van der Waals surface area contributed by atoms with Crippen LogP contribution in [-0.4, -0.2) is 24.4 Å². The first-order valence-corrected chi connectivity index (χ1v) is 3.63. The monoisotopic (exact) mass is 128 g/mol. The van der Waals surface area contributed by atoms with Gasteiger partial charge in [0.1, 0.15) is 13.8 Å². The fourth-order valence-corrected chi connectivity index (χ4v) is 0.776. The van der Waals surface area contributed by atoms with E-state index in [1.807, 2.05) is 11.6 Å². The second-order valence-corrected chi connectivity index (χ2v) is 2.88. The Hall–Kier alpha value is -0.330. The van der Waals surface area contributed by atoms with Crippen LogP contribution in [0.1, 0.15) is 27.2 Å². The van der Waals surface area contributed by atoms with E-state index in [9.17, 15) is 0 Å². The summed E-state index contributed by atoms with van der Waals surface area (Å²) in [5, 5.41) is 0. The zero-order valence-electron chi connectivity index (χ0n) is 7.02. The summed E-state index contributed by atoms with van der Waals surface area (Å²) in [5.74, 6) is 0.757. The van der Waals surface area contributed by atoms with Crippen molar-refractivity contribution in [3.8, 4) is 0 Å². The highest BCUT2D eigenvalue weighted by Gasteiger charge is 2.15. The average Bonchev–Trinajstić information content (AvgIpc) is 1.84. The zero-order valence-corrected chi connectivity index (χ0v) is 7.02. The van der Waals surface area contributed by atoms with Gasteiger partial charge in [-0.3, -0.25) is 0 Å². The normalized spacial score (nSPS) is 16.9. The molecule has 2 atom stereocenters. The lowest BCUT2D eigenvalue weighted by atomic mass is 10.0. The van der Waals surface area contributed by atoms with E-state index in [-0.39, 0.29) is 0 Å². The molecule has 0 fully saturated rings. The first kappa shape index (κ1) is 8.67. The number of hydrogen-bond donors (Lipinski definition) is 0. The van der Waals surface area contributed by atoms with Crippen LogP contribution in [0.15, 0.2) is 0 Å². The summed E-state index contributed by atoms with van der Waals surface area (Å²) in [4.78, 5) is 0. The smallest absolute Gasteiger partial charge is 0.151 e. The summed E-state index contributed by atoms with van der Waals surface area (Å²) < 4.78 is 2.02. The van der Waals surface area contributed by atoms with E-state index in [0.29, 0.717) is 6.04 Å². The fourth-order valence-electron chi connectivity index (χ4n) is 0.776. The molecule has 0 aliphatic heterocycles. The minimum Gasteiger partial charge on any atom is -0.242 e. The Bertz CT molecular complexity index is 96.7. The largest absolute Gasteiger partial charge is 0.242 e. The molecule has 1 nitrogen and oxygen atoms in total. The van der Waals surface area contributed by atoms with Crippen molar-refractivity contribution in [3.05, 3.63) is 0 Å². The lowest BCUT2D eigenvalue weighted by Gasteiger charge is -2.12. The molecule has 54 valence electrons. The molecule has 0 amide bonds. The highest BCUT2D eigenvalue weighted by Crippen LogP contribution is 2.07. The molecule has 0 aliphatic carbocycles. The van der Waals surface area contributed by atoms with E-state index >= 15 is 0 Å². The van der Waals surface area contributed by atoms with E-state index in [0.717, 1.165) is 5.92 Å². The lowest BCUT2D eigenvalue weighted by molar-refractivity contribution is -0.534. The van der Waals surface area contributed by atoms with Crippen molar-refractivity contribution >= 4 is 6.72 Å². The minimum absolute atomic E-state index is 0.606. The van der Waals surface area contributed by atoms with Gasteiger partial charge in [-0.05, 0) is 13.3 Å². The van der Waals surface area contributed by atoms with Gasteiger partial charge in [-0.25, -0.2) is 4.58 Å². The van der Waals surface area contributed by atoms with Crippen LogP contribution < -0.4 is 0 Å². The maximum absolute atomic E-state index is 3.84. The van der Waals surface area contributed by atoms with Crippen molar-refractivity contribution < 1.29 is 4.58 Å². The van der Waals surface area contributed by atoms with Crippen LogP contribution in [0.3, 0.4) is 0 Å². The van der Waals surface area contributed by atoms with Crippen molar-refractivity contribution in [2.45, 2.75) is 33.2 Å². The van der Waals surface area contributed by atoms with Gasteiger partial charge in [0.15, 0.2) is 6.04 Å². The zero-order chi connectivity index (χ0) is 7.44. The van der Waals surface area contributed by atoms with Gasteiger partial charge in [0.05, 0.1) is 0 Å². The number of rotatable bonds is 3. The van der Waals surface area contributed by atoms with Crippen LogP contribution >= 0.6 is 0 Å². The summed E-state index contributed by atoms with van der Waals surface area (Å²) in [5.41, 5.74) is 0. The molecule has 0 aliphatic rings. The molecule has 9 heavy (non-hydrogen) atoms. The summed E-state index contributed by atoms with van der Waals surface area (Å²) in [6.45, 7) is 10.5. The van der Waals surface area contributed by atoms with Gasteiger partial charge in [-0.15, -0.1) is 0 Å². The minimum atomic E-state index is 0.606. The predicted molar refractivity (Wildman–Crippen MR) is 42.2 cm³/mol. The third-order valence-electron chi connectivity index (χ3n) is 2.16. The van der Waals surface area contributed by atoms with Gasteiger partial charge >= 0.3 is 0 Å². The van der Waals surface area contributed by atoms with Crippen LogP contribution in [0.25, 0.3) is 0 Å². The molecule has 0 N–H and O–H groups in total.